The maximum absolute atomic E-state index is 10.8. The molecule has 0 unspecified atom stereocenters. The molecule has 1 amide bonds. The first-order valence-corrected chi connectivity index (χ1v) is 3.37. The molecular formula is C8H9N3O. The topological polar surface area (TPSA) is 68.0 Å². The minimum absolute atomic E-state index is 0.297. The van der Waals surface area contributed by atoms with Crippen LogP contribution in [0.15, 0.2) is 31.1 Å². The first-order chi connectivity index (χ1) is 5.74. The van der Waals surface area contributed by atoms with E-state index in [2.05, 4.69) is 16.9 Å². The van der Waals surface area contributed by atoms with E-state index in [4.69, 9.17) is 5.73 Å². The number of pyridine rings is 1. The van der Waals surface area contributed by atoms with Gasteiger partial charge < -0.3 is 11.1 Å². The third-order valence-corrected chi connectivity index (χ3v) is 1.30. The smallest absolute Gasteiger partial charge is 0.247 e. The lowest BCUT2D eigenvalue weighted by Crippen LogP contribution is -2.09. The normalized spacial score (nSPS) is 9.00. The first kappa shape index (κ1) is 8.26. The minimum Gasteiger partial charge on any atom is -0.397 e. The Balaban J connectivity index is 2.82. The number of nitrogens with zero attached hydrogens (tertiary/aromatic N) is 1. The van der Waals surface area contributed by atoms with Gasteiger partial charge in [-0.2, -0.15) is 0 Å². The minimum atomic E-state index is -0.297. The van der Waals surface area contributed by atoms with Gasteiger partial charge in [0.25, 0.3) is 0 Å². The highest BCUT2D eigenvalue weighted by molar-refractivity contribution is 6.00. The highest BCUT2D eigenvalue weighted by Crippen LogP contribution is 2.14. The average molecular weight is 163 g/mol. The third-order valence-electron chi connectivity index (χ3n) is 1.30. The fraction of sp³-hybridized carbons (Fsp3) is 0. The van der Waals surface area contributed by atoms with E-state index in [1.807, 2.05) is 0 Å². The molecule has 1 aromatic rings. The maximum atomic E-state index is 10.8. The molecule has 0 radical (unpaired) electrons. The second-order valence-corrected chi connectivity index (χ2v) is 2.16. The predicted octanol–water partition coefficient (Wildman–Crippen LogP) is 0.788. The number of nitrogen functional groups attached to an aromatic ring is 1. The SMILES string of the molecule is C=CC(=O)Nc1cnccc1N. The number of anilines is 2. The van der Waals surface area contributed by atoms with Gasteiger partial charge in [-0.25, -0.2) is 0 Å². The monoisotopic (exact) mass is 163 g/mol. The fourth-order valence-electron chi connectivity index (χ4n) is 0.693. The van der Waals surface area contributed by atoms with E-state index in [1.165, 1.54) is 12.3 Å². The Labute approximate surface area is 70.1 Å². The third kappa shape index (κ3) is 1.82. The van der Waals surface area contributed by atoms with Crippen LogP contribution in [0.1, 0.15) is 0 Å². The van der Waals surface area contributed by atoms with Gasteiger partial charge in [0.15, 0.2) is 0 Å². The summed E-state index contributed by atoms with van der Waals surface area (Å²) in [5.74, 6) is -0.297. The molecule has 1 heterocycles. The van der Waals surface area contributed by atoms with Crippen molar-refractivity contribution in [3.63, 3.8) is 0 Å². The summed E-state index contributed by atoms with van der Waals surface area (Å²) >= 11 is 0. The first-order valence-electron chi connectivity index (χ1n) is 3.37. The molecule has 0 fully saturated rings. The standard InChI is InChI=1S/C8H9N3O/c1-2-8(12)11-7-5-10-4-3-6(7)9/h2-5H,1H2,(H2,9,10)(H,11,12). The molecule has 0 aromatic carbocycles. The molecule has 4 nitrogen and oxygen atoms in total. The lowest BCUT2D eigenvalue weighted by molar-refractivity contribution is -0.111. The second-order valence-electron chi connectivity index (χ2n) is 2.16. The van der Waals surface area contributed by atoms with Gasteiger partial charge in [-0.3, -0.25) is 9.78 Å². The number of carbonyl (C=O) groups is 1. The molecule has 1 aromatic heterocycles. The van der Waals surface area contributed by atoms with Gasteiger partial charge in [0, 0.05) is 6.20 Å². The van der Waals surface area contributed by atoms with Crippen molar-refractivity contribution in [3.05, 3.63) is 31.1 Å². The van der Waals surface area contributed by atoms with Crippen LogP contribution in [-0.4, -0.2) is 10.9 Å². The van der Waals surface area contributed by atoms with E-state index < -0.39 is 0 Å². The van der Waals surface area contributed by atoms with Gasteiger partial charge in [-0.1, -0.05) is 6.58 Å². The Morgan fingerprint density at radius 2 is 2.50 bits per heavy atom. The molecule has 0 atom stereocenters. The van der Waals surface area contributed by atoms with Crippen LogP contribution < -0.4 is 11.1 Å². The zero-order valence-corrected chi connectivity index (χ0v) is 6.45. The highest BCUT2D eigenvalue weighted by Gasteiger charge is 1.99. The van der Waals surface area contributed by atoms with Crippen molar-refractivity contribution < 1.29 is 4.79 Å². The zero-order chi connectivity index (χ0) is 8.97. The van der Waals surface area contributed by atoms with Gasteiger partial charge in [-0.05, 0) is 12.1 Å². The van der Waals surface area contributed by atoms with Crippen LogP contribution in [0.25, 0.3) is 0 Å². The Morgan fingerprint density at radius 3 is 3.08 bits per heavy atom. The van der Waals surface area contributed by atoms with Gasteiger partial charge in [-0.15, -0.1) is 0 Å². The molecule has 0 aliphatic heterocycles. The number of aromatic nitrogens is 1. The number of hydrogen-bond donors (Lipinski definition) is 2. The molecule has 0 spiro atoms. The molecule has 0 aliphatic carbocycles. The summed E-state index contributed by atoms with van der Waals surface area (Å²) in [6, 6.07) is 1.61. The van der Waals surface area contributed by atoms with Crippen molar-refractivity contribution in [3.8, 4) is 0 Å². The van der Waals surface area contributed by atoms with Gasteiger partial charge in [0.05, 0.1) is 17.6 Å². The summed E-state index contributed by atoms with van der Waals surface area (Å²) in [7, 11) is 0. The van der Waals surface area contributed by atoms with E-state index in [-0.39, 0.29) is 5.91 Å². The zero-order valence-electron chi connectivity index (χ0n) is 6.45. The summed E-state index contributed by atoms with van der Waals surface area (Å²) in [4.78, 5) is 14.6. The van der Waals surface area contributed by atoms with Crippen LogP contribution in [0.4, 0.5) is 11.4 Å². The molecule has 0 bridgehead atoms. The van der Waals surface area contributed by atoms with Crippen LogP contribution in [0.5, 0.6) is 0 Å². The van der Waals surface area contributed by atoms with Crippen molar-refractivity contribution in [1.82, 2.24) is 4.98 Å². The largest absolute Gasteiger partial charge is 0.397 e. The summed E-state index contributed by atoms with van der Waals surface area (Å²) in [5, 5.41) is 2.52. The quantitative estimate of drug-likeness (QED) is 0.633. The molecule has 12 heavy (non-hydrogen) atoms. The molecular weight excluding hydrogens is 154 g/mol. The number of nitrogens with one attached hydrogen (secondary N) is 1. The van der Waals surface area contributed by atoms with Crippen LogP contribution in [0.2, 0.25) is 0 Å². The summed E-state index contributed by atoms with van der Waals surface area (Å²) in [6.07, 6.45) is 4.21. The van der Waals surface area contributed by atoms with Crippen molar-refractivity contribution in [2.45, 2.75) is 0 Å². The molecule has 1 rings (SSSR count). The lowest BCUT2D eigenvalue weighted by atomic mass is 10.3. The van der Waals surface area contributed by atoms with Gasteiger partial charge >= 0.3 is 0 Å². The van der Waals surface area contributed by atoms with Crippen LogP contribution in [0.3, 0.4) is 0 Å². The molecule has 4 heteroatoms. The van der Waals surface area contributed by atoms with E-state index in [1.54, 1.807) is 12.3 Å². The Morgan fingerprint density at radius 1 is 1.75 bits per heavy atom. The number of nitrogens with two attached hydrogens (primary N) is 1. The van der Waals surface area contributed by atoms with Gasteiger partial charge in [0.1, 0.15) is 0 Å². The molecule has 3 N–H and O–H groups in total. The van der Waals surface area contributed by atoms with Crippen molar-refractivity contribution >= 4 is 17.3 Å². The molecule has 62 valence electrons. The molecule has 0 saturated carbocycles. The highest BCUT2D eigenvalue weighted by atomic mass is 16.1. The van der Waals surface area contributed by atoms with E-state index >= 15 is 0 Å². The summed E-state index contributed by atoms with van der Waals surface area (Å²) < 4.78 is 0. The number of hydrogen-bond acceptors (Lipinski definition) is 3. The van der Waals surface area contributed by atoms with Gasteiger partial charge in [0.2, 0.25) is 5.91 Å². The summed E-state index contributed by atoms with van der Waals surface area (Å²) in [6.45, 7) is 3.31. The van der Waals surface area contributed by atoms with Crippen LogP contribution in [0, 0.1) is 0 Å². The average Bonchev–Trinajstić information content (AvgIpc) is 2.09. The lowest BCUT2D eigenvalue weighted by Gasteiger charge is -2.03. The van der Waals surface area contributed by atoms with Crippen LogP contribution in [-0.2, 0) is 4.79 Å². The number of rotatable bonds is 2. The van der Waals surface area contributed by atoms with E-state index in [0.717, 1.165) is 0 Å². The Bertz CT molecular complexity index is 309. The van der Waals surface area contributed by atoms with E-state index in [0.29, 0.717) is 11.4 Å². The van der Waals surface area contributed by atoms with Crippen molar-refractivity contribution in [2.75, 3.05) is 11.1 Å². The Kier molecular flexibility index (Phi) is 2.42. The van der Waals surface area contributed by atoms with E-state index in [9.17, 15) is 4.79 Å². The molecule has 0 saturated heterocycles. The maximum Gasteiger partial charge on any atom is 0.247 e. The Hall–Kier alpha value is -1.84. The second kappa shape index (κ2) is 3.52. The number of carbonyl (C=O) groups excluding carboxylic acids is 1. The fourth-order valence-corrected chi connectivity index (χ4v) is 0.693. The summed E-state index contributed by atoms with van der Waals surface area (Å²) in [5.41, 5.74) is 6.52. The van der Waals surface area contributed by atoms with Crippen molar-refractivity contribution in [2.24, 2.45) is 0 Å². The predicted molar refractivity (Wildman–Crippen MR) is 47.5 cm³/mol. The van der Waals surface area contributed by atoms with Crippen molar-refractivity contribution in [1.29, 1.82) is 0 Å². The van der Waals surface area contributed by atoms with Crippen LogP contribution >= 0.6 is 0 Å². The molecule has 0 aliphatic rings. The number of amides is 1.